The fourth-order valence-electron chi connectivity index (χ4n) is 2.88. The Balaban J connectivity index is 1.64. The molecule has 5 heteroatoms. The zero-order chi connectivity index (χ0) is 15.3. The second-order valence-corrected chi connectivity index (χ2v) is 7.21. The second kappa shape index (κ2) is 7.45. The third-order valence-electron chi connectivity index (χ3n) is 4.18. The Bertz CT molecular complexity index is 327. The highest BCUT2D eigenvalue weighted by Gasteiger charge is 2.27. The van der Waals surface area contributed by atoms with Gasteiger partial charge in [0.25, 0.3) is 0 Å². The van der Waals surface area contributed by atoms with Gasteiger partial charge in [-0.3, -0.25) is 0 Å². The van der Waals surface area contributed by atoms with Crippen molar-refractivity contribution in [1.82, 2.24) is 10.2 Å². The molecule has 0 radical (unpaired) electrons. The summed E-state index contributed by atoms with van der Waals surface area (Å²) in [7, 11) is 0. The van der Waals surface area contributed by atoms with Gasteiger partial charge in [0, 0.05) is 32.3 Å². The van der Waals surface area contributed by atoms with Gasteiger partial charge in [-0.15, -0.1) is 0 Å². The van der Waals surface area contributed by atoms with E-state index in [2.05, 4.69) is 5.32 Å². The fourth-order valence-corrected chi connectivity index (χ4v) is 2.88. The average Bonchev–Trinajstić information content (AvgIpc) is 2.45. The number of amides is 1. The molecular weight excluding hydrogens is 268 g/mol. The van der Waals surface area contributed by atoms with Gasteiger partial charge >= 0.3 is 6.09 Å². The van der Waals surface area contributed by atoms with Crippen LogP contribution in [-0.2, 0) is 9.47 Å². The van der Waals surface area contributed by atoms with Crippen LogP contribution in [0.25, 0.3) is 0 Å². The lowest BCUT2D eigenvalue weighted by molar-refractivity contribution is 0.0180. The average molecular weight is 298 g/mol. The molecule has 2 aliphatic heterocycles. The van der Waals surface area contributed by atoms with Gasteiger partial charge in [0.2, 0.25) is 0 Å². The highest BCUT2D eigenvalue weighted by Crippen LogP contribution is 2.19. The number of carbonyl (C=O) groups is 1. The van der Waals surface area contributed by atoms with E-state index in [9.17, 15) is 4.79 Å². The zero-order valence-corrected chi connectivity index (χ0v) is 13.7. The monoisotopic (exact) mass is 298 g/mol. The van der Waals surface area contributed by atoms with Gasteiger partial charge in [0.05, 0.1) is 0 Å². The van der Waals surface area contributed by atoms with Crippen molar-refractivity contribution in [2.45, 2.75) is 58.1 Å². The number of rotatable bonds is 3. The fraction of sp³-hybridized carbons (Fsp3) is 0.938. The molecule has 0 spiro atoms. The van der Waals surface area contributed by atoms with E-state index in [1.54, 1.807) is 0 Å². The molecule has 0 unspecified atom stereocenters. The standard InChI is InChI=1S/C16H30N2O3/c1-16(2,3)21-15(19)18-8-4-13(5-9-18)12-17-14-6-10-20-11-7-14/h13-14,17H,4-12H2,1-3H3. The summed E-state index contributed by atoms with van der Waals surface area (Å²) in [6.45, 7) is 10.2. The van der Waals surface area contributed by atoms with E-state index in [1.165, 1.54) is 0 Å². The molecule has 5 nitrogen and oxygen atoms in total. The SMILES string of the molecule is CC(C)(C)OC(=O)N1CCC(CNC2CCOCC2)CC1. The number of ether oxygens (including phenoxy) is 2. The van der Waals surface area contributed by atoms with Gasteiger partial charge in [-0.05, 0) is 58.9 Å². The van der Waals surface area contributed by atoms with Crippen molar-refractivity contribution >= 4 is 6.09 Å². The van der Waals surface area contributed by atoms with Crippen LogP contribution in [0.4, 0.5) is 4.79 Å². The minimum absolute atomic E-state index is 0.168. The Morgan fingerprint density at radius 3 is 2.38 bits per heavy atom. The quantitative estimate of drug-likeness (QED) is 0.869. The van der Waals surface area contributed by atoms with Crippen LogP contribution in [0.1, 0.15) is 46.5 Å². The van der Waals surface area contributed by atoms with E-state index in [1.807, 2.05) is 25.7 Å². The summed E-state index contributed by atoms with van der Waals surface area (Å²) >= 11 is 0. The van der Waals surface area contributed by atoms with Gasteiger partial charge in [-0.1, -0.05) is 0 Å². The van der Waals surface area contributed by atoms with Crippen molar-refractivity contribution in [3.05, 3.63) is 0 Å². The molecule has 2 heterocycles. The van der Waals surface area contributed by atoms with Crippen molar-refractivity contribution in [2.75, 3.05) is 32.8 Å². The van der Waals surface area contributed by atoms with Crippen LogP contribution in [0.2, 0.25) is 0 Å². The first-order valence-corrected chi connectivity index (χ1v) is 8.23. The maximum Gasteiger partial charge on any atom is 0.410 e. The first-order valence-electron chi connectivity index (χ1n) is 8.23. The number of hydrogen-bond acceptors (Lipinski definition) is 4. The van der Waals surface area contributed by atoms with Gasteiger partial charge in [-0.25, -0.2) is 4.79 Å². The molecule has 1 N–H and O–H groups in total. The molecular formula is C16H30N2O3. The van der Waals surface area contributed by atoms with Crippen LogP contribution in [-0.4, -0.2) is 55.5 Å². The molecule has 0 saturated carbocycles. The molecule has 0 bridgehead atoms. The maximum absolute atomic E-state index is 12.0. The van der Waals surface area contributed by atoms with E-state index in [-0.39, 0.29) is 6.09 Å². The summed E-state index contributed by atoms with van der Waals surface area (Å²) in [4.78, 5) is 13.8. The molecule has 0 atom stereocenters. The Morgan fingerprint density at radius 2 is 1.81 bits per heavy atom. The Labute approximate surface area is 128 Å². The second-order valence-electron chi connectivity index (χ2n) is 7.21. The first kappa shape index (κ1) is 16.6. The normalized spacial score (nSPS) is 22.3. The predicted molar refractivity (Wildman–Crippen MR) is 82.4 cm³/mol. The topological polar surface area (TPSA) is 50.8 Å². The summed E-state index contributed by atoms with van der Waals surface area (Å²) in [5.41, 5.74) is -0.404. The molecule has 0 aromatic carbocycles. The molecule has 0 aliphatic carbocycles. The molecule has 2 saturated heterocycles. The summed E-state index contributed by atoms with van der Waals surface area (Å²) in [6.07, 6.45) is 4.21. The molecule has 21 heavy (non-hydrogen) atoms. The Hall–Kier alpha value is -0.810. The van der Waals surface area contributed by atoms with E-state index >= 15 is 0 Å². The number of carbonyl (C=O) groups excluding carboxylic acids is 1. The molecule has 122 valence electrons. The lowest BCUT2D eigenvalue weighted by atomic mass is 9.96. The summed E-state index contributed by atoms with van der Waals surface area (Å²) < 4.78 is 10.8. The lowest BCUT2D eigenvalue weighted by Crippen LogP contribution is -2.44. The highest BCUT2D eigenvalue weighted by molar-refractivity contribution is 5.68. The van der Waals surface area contributed by atoms with Crippen molar-refractivity contribution in [1.29, 1.82) is 0 Å². The van der Waals surface area contributed by atoms with Gasteiger partial charge in [0.15, 0.2) is 0 Å². The number of hydrogen-bond donors (Lipinski definition) is 1. The largest absolute Gasteiger partial charge is 0.444 e. The lowest BCUT2D eigenvalue weighted by Gasteiger charge is -2.34. The van der Waals surface area contributed by atoms with Crippen LogP contribution in [0.5, 0.6) is 0 Å². The minimum atomic E-state index is -0.404. The minimum Gasteiger partial charge on any atom is -0.444 e. The predicted octanol–water partition coefficient (Wildman–Crippen LogP) is 2.40. The zero-order valence-electron chi connectivity index (χ0n) is 13.7. The molecule has 0 aromatic heterocycles. The highest BCUT2D eigenvalue weighted by atomic mass is 16.6. The third-order valence-corrected chi connectivity index (χ3v) is 4.18. The van der Waals surface area contributed by atoms with E-state index in [0.717, 1.165) is 58.5 Å². The van der Waals surface area contributed by atoms with Gasteiger partial charge in [0.1, 0.15) is 5.60 Å². The smallest absolute Gasteiger partial charge is 0.410 e. The number of nitrogens with one attached hydrogen (secondary N) is 1. The van der Waals surface area contributed by atoms with E-state index in [0.29, 0.717) is 12.0 Å². The number of nitrogens with zero attached hydrogens (tertiary/aromatic N) is 1. The van der Waals surface area contributed by atoms with Gasteiger partial charge < -0.3 is 19.7 Å². The van der Waals surface area contributed by atoms with Crippen molar-refractivity contribution < 1.29 is 14.3 Å². The van der Waals surface area contributed by atoms with Crippen LogP contribution < -0.4 is 5.32 Å². The Morgan fingerprint density at radius 1 is 1.19 bits per heavy atom. The Kier molecular flexibility index (Phi) is 5.88. The first-order chi connectivity index (χ1) is 9.94. The maximum atomic E-state index is 12.0. The summed E-state index contributed by atoms with van der Waals surface area (Å²) in [6, 6.07) is 0.614. The summed E-state index contributed by atoms with van der Waals surface area (Å²) in [5.74, 6) is 0.673. The van der Waals surface area contributed by atoms with Crippen LogP contribution >= 0.6 is 0 Å². The van der Waals surface area contributed by atoms with Crippen molar-refractivity contribution in [3.63, 3.8) is 0 Å². The van der Waals surface area contributed by atoms with Crippen LogP contribution in [0, 0.1) is 5.92 Å². The molecule has 2 fully saturated rings. The third kappa shape index (κ3) is 5.83. The van der Waals surface area contributed by atoms with Crippen LogP contribution in [0.3, 0.4) is 0 Å². The molecule has 2 aliphatic rings. The molecule has 0 aromatic rings. The van der Waals surface area contributed by atoms with E-state index < -0.39 is 5.60 Å². The van der Waals surface area contributed by atoms with Crippen LogP contribution in [0.15, 0.2) is 0 Å². The number of piperidine rings is 1. The molecule has 2 rings (SSSR count). The van der Waals surface area contributed by atoms with E-state index in [4.69, 9.17) is 9.47 Å². The summed E-state index contributed by atoms with van der Waals surface area (Å²) in [5, 5.41) is 3.66. The molecule has 1 amide bonds. The number of likely N-dealkylation sites (tertiary alicyclic amines) is 1. The van der Waals surface area contributed by atoms with Crippen molar-refractivity contribution in [2.24, 2.45) is 5.92 Å². The van der Waals surface area contributed by atoms with Gasteiger partial charge in [-0.2, -0.15) is 0 Å². The van der Waals surface area contributed by atoms with Crippen molar-refractivity contribution in [3.8, 4) is 0 Å².